The summed E-state index contributed by atoms with van der Waals surface area (Å²) in [5.41, 5.74) is 2.40. The van der Waals surface area contributed by atoms with E-state index in [1.807, 2.05) is 23.7 Å². The van der Waals surface area contributed by atoms with Gasteiger partial charge in [-0.25, -0.2) is 4.98 Å². The minimum absolute atomic E-state index is 0.416. The molecule has 1 unspecified atom stereocenters. The van der Waals surface area contributed by atoms with Gasteiger partial charge in [-0.15, -0.1) is 0 Å². The zero-order chi connectivity index (χ0) is 13.0. The van der Waals surface area contributed by atoms with Crippen molar-refractivity contribution in [1.82, 2.24) is 14.8 Å². The highest BCUT2D eigenvalue weighted by Gasteiger charge is 2.12. The van der Waals surface area contributed by atoms with Gasteiger partial charge in [0.1, 0.15) is 12.2 Å². The van der Waals surface area contributed by atoms with Gasteiger partial charge in [-0.1, -0.05) is 24.3 Å². The standard InChI is InChI=1S/C14H19N3O/c1-3-17-14(15-10-16-17)9-13(18)8-12-7-5-4-6-11(12)2/h4-7,10,13,18H,3,8-9H2,1-2H3. The van der Waals surface area contributed by atoms with Crippen molar-refractivity contribution in [3.05, 3.63) is 47.5 Å². The van der Waals surface area contributed by atoms with Crippen LogP contribution in [0.5, 0.6) is 0 Å². The predicted molar refractivity (Wildman–Crippen MR) is 70.3 cm³/mol. The van der Waals surface area contributed by atoms with E-state index in [2.05, 4.69) is 29.1 Å². The molecule has 96 valence electrons. The molecule has 2 rings (SSSR count). The lowest BCUT2D eigenvalue weighted by molar-refractivity contribution is 0.171. The molecule has 0 saturated carbocycles. The molecule has 1 aromatic carbocycles. The Morgan fingerprint density at radius 3 is 2.78 bits per heavy atom. The molecule has 4 nitrogen and oxygen atoms in total. The number of hydrogen-bond acceptors (Lipinski definition) is 3. The molecule has 1 N–H and O–H groups in total. The molecule has 18 heavy (non-hydrogen) atoms. The van der Waals surface area contributed by atoms with Gasteiger partial charge in [-0.2, -0.15) is 5.10 Å². The summed E-state index contributed by atoms with van der Waals surface area (Å²) in [6, 6.07) is 8.14. The number of aliphatic hydroxyl groups is 1. The minimum atomic E-state index is -0.416. The van der Waals surface area contributed by atoms with Crippen LogP contribution in [0.25, 0.3) is 0 Å². The van der Waals surface area contributed by atoms with Crippen LogP contribution in [0.15, 0.2) is 30.6 Å². The smallest absolute Gasteiger partial charge is 0.138 e. The van der Waals surface area contributed by atoms with Crippen molar-refractivity contribution in [3.63, 3.8) is 0 Å². The van der Waals surface area contributed by atoms with Crippen molar-refractivity contribution >= 4 is 0 Å². The molecule has 0 aliphatic rings. The van der Waals surface area contributed by atoms with E-state index in [-0.39, 0.29) is 0 Å². The highest BCUT2D eigenvalue weighted by molar-refractivity contribution is 5.26. The zero-order valence-corrected chi connectivity index (χ0v) is 10.9. The van der Waals surface area contributed by atoms with Gasteiger partial charge in [0, 0.05) is 13.0 Å². The molecule has 1 atom stereocenters. The molecule has 0 amide bonds. The number of aliphatic hydroxyl groups excluding tert-OH is 1. The molecular weight excluding hydrogens is 226 g/mol. The minimum Gasteiger partial charge on any atom is -0.392 e. The van der Waals surface area contributed by atoms with Crippen LogP contribution in [-0.2, 0) is 19.4 Å². The van der Waals surface area contributed by atoms with E-state index in [0.29, 0.717) is 12.8 Å². The van der Waals surface area contributed by atoms with Crippen molar-refractivity contribution in [1.29, 1.82) is 0 Å². The van der Waals surface area contributed by atoms with Crippen molar-refractivity contribution in [2.75, 3.05) is 0 Å². The van der Waals surface area contributed by atoms with Gasteiger partial charge in [0.05, 0.1) is 6.10 Å². The Balaban J connectivity index is 2.01. The van der Waals surface area contributed by atoms with Crippen LogP contribution in [0, 0.1) is 6.92 Å². The van der Waals surface area contributed by atoms with Gasteiger partial charge >= 0.3 is 0 Å². The van der Waals surface area contributed by atoms with Crippen LogP contribution in [0.4, 0.5) is 0 Å². The van der Waals surface area contributed by atoms with E-state index in [1.54, 1.807) is 6.33 Å². The second kappa shape index (κ2) is 5.78. The van der Waals surface area contributed by atoms with Crippen LogP contribution >= 0.6 is 0 Å². The number of nitrogens with zero attached hydrogens (tertiary/aromatic N) is 3. The molecule has 0 bridgehead atoms. The third-order valence-corrected chi connectivity index (χ3v) is 3.13. The Bertz CT molecular complexity index is 507. The second-order valence-corrected chi connectivity index (χ2v) is 4.48. The fraction of sp³-hybridized carbons (Fsp3) is 0.429. The maximum atomic E-state index is 10.1. The van der Waals surface area contributed by atoms with E-state index >= 15 is 0 Å². The van der Waals surface area contributed by atoms with Gasteiger partial charge in [-0.05, 0) is 31.4 Å². The van der Waals surface area contributed by atoms with Crippen LogP contribution in [0.1, 0.15) is 23.9 Å². The molecule has 1 heterocycles. The highest BCUT2D eigenvalue weighted by Crippen LogP contribution is 2.11. The third kappa shape index (κ3) is 2.96. The van der Waals surface area contributed by atoms with Gasteiger partial charge < -0.3 is 5.11 Å². The summed E-state index contributed by atoms with van der Waals surface area (Å²) in [5, 5.41) is 14.2. The largest absolute Gasteiger partial charge is 0.392 e. The first-order valence-corrected chi connectivity index (χ1v) is 6.30. The molecule has 0 saturated heterocycles. The first-order chi connectivity index (χ1) is 8.70. The summed E-state index contributed by atoms with van der Waals surface area (Å²) in [7, 11) is 0. The summed E-state index contributed by atoms with van der Waals surface area (Å²) >= 11 is 0. The van der Waals surface area contributed by atoms with Crippen LogP contribution < -0.4 is 0 Å². The predicted octanol–water partition coefficient (Wildman–Crippen LogP) is 1.75. The van der Waals surface area contributed by atoms with Gasteiger partial charge in [0.25, 0.3) is 0 Å². The normalized spacial score (nSPS) is 12.6. The molecular formula is C14H19N3O. The lowest BCUT2D eigenvalue weighted by atomic mass is 10.0. The van der Waals surface area contributed by atoms with E-state index in [1.165, 1.54) is 11.1 Å². The summed E-state index contributed by atoms with van der Waals surface area (Å²) in [6.45, 7) is 4.87. The van der Waals surface area contributed by atoms with Crippen LogP contribution in [0.3, 0.4) is 0 Å². The Labute approximate surface area is 107 Å². The lowest BCUT2D eigenvalue weighted by Gasteiger charge is -2.12. The third-order valence-electron chi connectivity index (χ3n) is 3.13. The van der Waals surface area contributed by atoms with Gasteiger partial charge in [0.15, 0.2) is 0 Å². The zero-order valence-electron chi connectivity index (χ0n) is 10.9. The van der Waals surface area contributed by atoms with Gasteiger partial charge in [0.2, 0.25) is 0 Å². The lowest BCUT2D eigenvalue weighted by Crippen LogP contribution is -2.18. The van der Waals surface area contributed by atoms with Gasteiger partial charge in [-0.3, -0.25) is 4.68 Å². The van der Waals surface area contributed by atoms with Crippen LogP contribution in [-0.4, -0.2) is 26.0 Å². The van der Waals surface area contributed by atoms with Crippen molar-refractivity contribution in [2.45, 2.75) is 39.3 Å². The first kappa shape index (κ1) is 12.8. The van der Waals surface area contributed by atoms with E-state index in [9.17, 15) is 5.11 Å². The number of aryl methyl sites for hydroxylation is 2. The Hall–Kier alpha value is -1.68. The molecule has 0 aliphatic carbocycles. The summed E-state index contributed by atoms with van der Waals surface area (Å²) in [5.74, 6) is 0.846. The molecule has 0 aliphatic heterocycles. The fourth-order valence-corrected chi connectivity index (χ4v) is 2.09. The number of rotatable bonds is 5. The van der Waals surface area contributed by atoms with E-state index in [4.69, 9.17) is 0 Å². The molecule has 0 spiro atoms. The fourth-order valence-electron chi connectivity index (χ4n) is 2.09. The SMILES string of the molecule is CCn1ncnc1CC(O)Cc1ccccc1C. The number of aromatic nitrogens is 3. The Morgan fingerprint density at radius 1 is 1.28 bits per heavy atom. The first-order valence-electron chi connectivity index (χ1n) is 6.30. The summed E-state index contributed by atoms with van der Waals surface area (Å²) < 4.78 is 1.82. The Kier molecular flexibility index (Phi) is 4.10. The average Bonchev–Trinajstić information content (AvgIpc) is 2.79. The molecule has 0 fully saturated rings. The molecule has 0 radical (unpaired) electrons. The van der Waals surface area contributed by atoms with Crippen molar-refractivity contribution in [2.24, 2.45) is 0 Å². The molecule has 1 aromatic heterocycles. The second-order valence-electron chi connectivity index (χ2n) is 4.48. The number of hydrogen-bond donors (Lipinski definition) is 1. The van der Waals surface area contributed by atoms with Crippen LogP contribution in [0.2, 0.25) is 0 Å². The maximum Gasteiger partial charge on any atom is 0.138 e. The Morgan fingerprint density at radius 2 is 2.06 bits per heavy atom. The van der Waals surface area contributed by atoms with E-state index in [0.717, 1.165) is 12.4 Å². The van der Waals surface area contributed by atoms with Crippen molar-refractivity contribution in [3.8, 4) is 0 Å². The quantitative estimate of drug-likeness (QED) is 0.873. The van der Waals surface area contributed by atoms with E-state index < -0.39 is 6.10 Å². The highest BCUT2D eigenvalue weighted by atomic mass is 16.3. The molecule has 4 heteroatoms. The number of benzene rings is 1. The average molecular weight is 245 g/mol. The maximum absolute atomic E-state index is 10.1. The molecule has 2 aromatic rings. The summed E-state index contributed by atoms with van der Waals surface area (Å²) in [4.78, 5) is 4.18. The monoisotopic (exact) mass is 245 g/mol. The topological polar surface area (TPSA) is 50.9 Å². The van der Waals surface area contributed by atoms with Crippen molar-refractivity contribution < 1.29 is 5.11 Å². The summed E-state index contributed by atoms with van der Waals surface area (Å²) in [6.07, 6.45) is 2.32.